The van der Waals surface area contributed by atoms with E-state index in [0.717, 1.165) is 23.5 Å². The summed E-state index contributed by atoms with van der Waals surface area (Å²) in [7, 11) is 0. The first-order valence-electron chi connectivity index (χ1n) is 9.77. The van der Waals surface area contributed by atoms with Crippen LogP contribution in [0.1, 0.15) is 40.3 Å². The molecule has 0 saturated heterocycles. The smallest absolute Gasteiger partial charge is 0.416 e. The van der Waals surface area contributed by atoms with Crippen molar-refractivity contribution in [1.29, 1.82) is 0 Å². The van der Waals surface area contributed by atoms with Crippen molar-refractivity contribution in [2.75, 3.05) is 5.32 Å². The Kier molecular flexibility index (Phi) is 6.51. The van der Waals surface area contributed by atoms with Gasteiger partial charge in [0.05, 0.1) is 11.3 Å². The number of rotatable bonds is 6. The highest BCUT2D eigenvalue weighted by Gasteiger charge is 2.31. The molecule has 1 aromatic heterocycles. The van der Waals surface area contributed by atoms with Crippen LogP contribution in [-0.2, 0) is 11.0 Å². The molecule has 3 aromatic rings. The van der Waals surface area contributed by atoms with E-state index in [4.69, 9.17) is 4.74 Å². The average Bonchev–Trinajstić information content (AvgIpc) is 3.11. The molecular weight excluding hydrogens is 457 g/mol. The van der Waals surface area contributed by atoms with Gasteiger partial charge in [-0.3, -0.25) is 4.79 Å². The normalized spacial score (nSPS) is 11.8. The number of carbonyl (C=O) groups excluding carboxylic acids is 1. The molecule has 1 heterocycles. The fraction of sp³-hybridized carbons (Fsp3) is 0.261. The van der Waals surface area contributed by atoms with Crippen LogP contribution in [0.5, 0.6) is 5.75 Å². The monoisotopic (exact) mass is 478 g/mol. The molecule has 0 fully saturated rings. The number of amides is 1. The lowest BCUT2D eigenvalue weighted by atomic mass is 10.1. The average molecular weight is 478 g/mol. The van der Waals surface area contributed by atoms with Crippen LogP contribution in [0.25, 0.3) is 10.6 Å². The molecule has 0 radical (unpaired) electrons. The Morgan fingerprint density at radius 1 is 1.06 bits per heavy atom. The molecule has 2 N–H and O–H groups in total. The molecule has 3 rings (SSSR count). The summed E-state index contributed by atoms with van der Waals surface area (Å²) in [4.78, 5) is 28.8. The zero-order chi connectivity index (χ0) is 24.6. The van der Waals surface area contributed by atoms with Crippen LogP contribution in [0.3, 0.4) is 0 Å². The summed E-state index contributed by atoms with van der Waals surface area (Å²) in [6.07, 6.45) is -4.43. The molecule has 6 nitrogen and oxygen atoms in total. The minimum absolute atomic E-state index is 0.304. The van der Waals surface area contributed by atoms with Gasteiger partial charge < -0.3 is 15.2 Å². The van der Waals surface area contributed by atoms with Gasteiger partial charge in [-0.1, -0.05) is 18.2 Å². The van der Waals surface area contributed by atoms with Crippen molar-refractivity contribution in [2.45, 2.75) is 39.5 Å². The Balaban J connectivity index is 1.81. The zero-order valence-corrected chi connectivity index (χ0v) is 19.0. The maximum Gasteiger partial charge on any atom is 0.416 e. The van der Waals surface area contributed by atoms with E-state index in [1.165, 1.54) is 32.0 Å². The van der Waals surface area contributed by atoms with E-state index in [-0.39, 0.29) is 0 Å². The number of hydrogen-bond donors (Lipinski definition) is 2. The summed E-state index contributed by atoms with van der Waals surface area (Å²) < 4.78 is 43.9. The fourth-order valence-electron chi connectivity index (χ4n) is 2.83. The number of benzene rings is 2. The minimum atomic E-state index is -4.43. The van der Waals surface area contributed by atoms with E-state index in [1.54, 1.807) is 26.0 Å². The van der Waals surface area contributed by atoms with Crippen LogP contribution in [0, 0.1) is 13.8 Å². The van der Waals surface area contributed by atoms with Crippen molar-refractivity contribution in [2.24, 2.45) is 0 Å². The van der Waals surface area contributed by atoms with Crippen molar-refractivity contribution in [3.63, 3.8) is 0 Å². The number of halogens is 3. The van der Waals surface area contributed by atoms with Crippen LogP contribution >= 0.6 is 11.3 Å². The second-order valence-corrected chi connectivity index (χ2v) is 8.86. The largest absolute Gasteiger partial charge is 0.478 e. The van der Waals surface area contributed by atoms with Gasteiger partial charge in [-0.2, -0.15) is 13.2 Å². The van der Waals surface area contributed by atoms with E-state index in [2.05, 4.69) is 10.3 Å². The first-order valence-corrected chi connectivity index (χ1v) is 10.6. The number of thiazole rings is 1. The number of aryl methyl sites for hydroxylation is 2. The Hall–Kier alpha value is -3.40. The van der Waals surface area contributed by atoms with Crippen molar-refractivity contribution < 1.29 is 32.6 Å². The molecule has 0 aliphatic carbocycles. The van der Waals surface area contributed by atoms with Crippen molar-refractivity contribution in [3.8, 4) is 16.3 Å². The zero-order valence-electron chi connectivity index (χ0n) is 18.2. The van der Waals surface area contributed by atoms with Gasteiger partial charge in [0.2, 0.25) is 0 Å². The first-order chi connectivity index (χ1) is 15.3. The van der Waals surface area contributed by atoms with E-state index >= 15 is 0 Å². The number of carbonyl (C=O) groups is 2. The van der Waals surface area contributed by atoms with Crippen molar-refractivity contribution in [1.82, 2.24) is 4.98 Å². The summed E-state index contributed by atoms with van der Waals surface area (Å²) in [5.74, 6) is -1.27. The number of alkyl halides is 3. The molecule has 0 unspecified atom stereocenters. The Labute approximate surface area is 192 Å². The summed E-state index contributed by atoms with van der Waals surface area (Å²) in [5.41, 5.74) is -0.231. The van der Waals surface area contributed by atoms with Gasteiger partial charge in [-0.05, 0) is 51.5 Å². The summed E-state index contributed by atoms with van der Waals surface area (Å²) in [6, 6.07) is 9.45. The second kappa shape index (κ2) is 8.86. The lowest BCUT2D eigenvalue weighted by Gasteiger charge is -2.23. The Bertz CT molecular complexity index is 1200. The van der Waals surface area contributed by atoms with Crippen LogP contribution in [-0.4, -0.2) is 27.6 Å². The van der Waals surface area contributed by atoms with E-state index in [0.29, 0.717) is 38.1 Å². The van der Waals surface area contributed by atoms with Gasteiger partial charge >= 0.3 is 12.1 Å². The minimum Gasteiger partial charge on any atom is -0.478 e. The molecule has 0 aliphatic rings. The highest BCUT2D eigenvalue weighted by atomic mass is 32.1. The summed E-state index contributed by atoms with van der Waals surface area (Å²) in [5, 5.41) is 12.4. The first kappa shape index (κ1) is 24.2. The van der Waals surface area contributed by atoms with Crippen LogP contribution in [0.4, 0.5) is 18.9 Å². The molecule has 0 atom stereocenters. The van der Waals surface area contributed by atoms with Gasteiger partial charge in [0.15, 0.2) is 5.60 Å². The highest BCUT2D eigenvalue weighted by Crippen LogP contribution is 2.33. The molecule has 2 aromatic carbocycles. The molecule has 33 heavy (non-hydrogen) atoms. The standard InChI is InChI=1S/C23H21F3N2O4S/c1-12-5-10-16(11-17(12)32-22(3,4)21(30)31)28-19(29)18-13(2)27-20(33-18)14-6-8-15(9-7-14)23(24,25)26/h5-11H,1-4H3,(H,28,29)(H,30,31). The number of anilines is 1. The van der Waals surface area contributed by atoms with Gasteiger partial charge in [0.25, 0.3) is 5.91 Å². The number of nitrogens with one attached hydrogen (secondary N) is 1. The second-order valence-electron chi connectivity index (χ2n) is 7.86. The number of aliphatic carboxylic acids is 1. The lowest BCUT2D eigenvalue weighted by molar-refractivity contribution is -0.152. The molecular formula is C23H21F3N2O4S. The lowest BCUT2D eigenvalue weighted by Crippen LogP contribution is -2.38. The molecule has 0 spiro atoms. The number of aromatic nitrogens is 1. The Morgan fingerprint density at radius 3 is 2.27 bits per heavy atom. The maximum absolute atomic E-state index is 12.8. The van der Waals surface area contributed by atoms with E-state index < -0.39 is 29.2 Å². The number of hydrogen-bond acceptors (Lipinski definition) is 5. The molecule has 174 valence electrons. The number of carboxylic acids is 1. The van der Waals surface area contributed by atoms with Crippen LogP contribution < -0.4 is 10.1 Å². The predicted molar refractivity (Wildman–Crippen MR) is 119 cm³/mol. The number of carboxylic acid groups (broad SMARTS) is 1. The Morgan fingerprint density at radius 2 is 1.70 bits per heavy atom. The SMILES string of the molecule is Cc1ccc(NC(=O)c2sc(-c3ccc(C(F)(F)F)cc3)nc2C)cc1OC(C)(C)C(=O)O. The fourth-order valence-corrected chi connectivity index (χ4v) is 3.79. The topological polar surface area (TPSA) is 88.5 Å². The third-order valence-electron chi connectivity index (χ3n) is 4.79. The van der Waals surface area contributed by atoms with Crippen LogP contribution in [0.2, 0.25) is 0 Å². The van der Waals surface area contributed by atoms with Gasteiger partial charge in [-0.25, -0.2) is 9.78 Å². The predicted octanol–water partition coefficient (Wildman–Crippen LogP) is 5.94. The van der Waals surface area contributed by atoms with Crippen LogP contribution in [0.15, 0.2) is 42.5 Å². The van der Waals surface area contributed by atoms with E-state index in [9.17, 15) is 27.9 Å². The maximum atomic E-state index is 12.8. The summed E-state index contributed by atoms with van der Waals surface area (Å²) >= 11 is 1.06. The van der Waals surface area contributed by atoms with Gasteiger partial charge in [0, 0.05) is 17.3 Å². The van der Waals surface area contributed by atoms with E-state index in [1.807, 2.05) is 0 Å². The third kappa shape index (κ3) is 5.51. The molecule has 0 bridgehead atoms. The summed E-state index contributed by atoms with van der Waals surface area (Å²) in [6.45, 7) is 6.23. The van der Waals surface area contributed by atoms with Gasteiger partial charge in [0.1, 0.15) is 15.6 Å². The van der Waals surface area contributed by atoms with Crippen molar-refractivity contribution >= 4 is 28.9 Å². The third-order valence-corrected chi connectivity index (χ3v) is 5.99. The number of ether oxygens (including phenoxy) is 1. The molecule has 0 aliphatic heterocycles. The molecule has 0 saturated carbocycles. The quantitative estimate of drug-likeness (QED) is 0.458. The highest BCUT2D eigenvalue weighted by molar-refractivity contribution is 7.17. The molecule has 10 heteroatoms. The van der Waals surface area contributed by atoms with Gasteiger partial charge in [-0.15, -0.1) is 11.3 Å². The van der Waals surface area contributed by atoms with Crippen molar-refractivity contribution in [3.05, 3.63) is 64.2 Å². The number of nitrogens with zero attached hydrogens (tertiary/aromatic N) is 1. The molecule has 1 amide bonds.